The molecule has 1 atom stereocenters. The molecule has 1 aromatic rings. The monoisotopic (exact) mass is 250 g/mol. The summed E-state index contributed by atoms with van der Waals surface area (Å²) in [5.74, 6) is 0.204. The number of aryl methyl sites for hydroxylation is 1. The Bertz CT molecular complexity index is 410. The lowest BCUT2D eigenvalue weighted by atomic mass is 9.92. The van der Waals surface area contributed by atoms with Crippen LogP contribution in [0.2, 0.25) is 0 Å². The zero-order valence-corrected chi connectivity index (χ0v) is 11.6. The van der Waals surface area contributed by atoms with Gasteiger partial charge in [-0.25, -0.2) is 0 Å². The number of aliphatic carboxylic acids is 1. The van der Waals surface area contributed by atoms with Gasteiger partial charge in [-0.15, -0.1) is 0 Å². The predicted molar refractivity (Wildman–Crippen MR) is 72.2 cm³/mol. The van der Waals surface area contributed by atoms with Crippen LogP contribution in [0.4, 0.5) is 0 Å². The lowest BCUT2D eigenvalue weighted by molar-refractivity contribution is -0.137. The quantitative estimate of drug-likeness (QED) is 0.836. The number of ether oxygens (including phenoxy) is 1. The van der Waals surface area contributed by atoms with Crippen molar-refractivity contribution in [2.24, 2.45) is 0 Å². The predicted octanol–water partition coefficient (Wildman–Crippen LogP) is 3.75. The Balaban J connectivity index is 2.91. The molecule has 18 heavy (non-hydrogen) atoms. The highest BCUT2D eigenvalue weighted by Gasteiger charge is 2.14. The molecule has 0 amide bonds. The summed E-state index contributed by atoms with van der Waals surface area (Å²) in [5, 5.41) is 8.89. The zero-order chi connectivity index (χ0) is 13.7. The van der Waals surface area contributed by atoms with Gasteiger partial charge < -0.3 is 9.84 Å². The molecular weight excluding hydrogens is 228 g/mol. The van der Waals surface area contributed by atoms with E-state index in [-0.39, 0.29) is 18.4 Å². The van der Waals surface area contributed by atoms with Crippen molar-refractivity contribution in [3.8, 4) is 5.75 Å². The molecule has 3 nitrogen and oxygen atoms in total. The molecule has 1 aromatic carbocycles. The van der Waals surface area contributed by atoms with Gasteiger partial charge in [0.25, 0.3) is 0 Å². The summed E-state index contributed by atoms with van der Waals surface area (Å²) in [7, 11) is 0. The molecule has 0 spiro atoms. The number of hydrogen-bond donors (Lipinski definition) is 1. The maximum absolute atomic E-state index is 10.8. The van der Waals surface area contributed by atoms with Crippen LogP contribution in [0.1, 0.15) is 50.7 Å². The van der Waals surface area contributed by atoms with E-state index in [2.05, 4.69) is 0 Å². The molecule has 0 saturated heterocycles. The summed E-state index contributed by atoms with van der Waals surface area (Å²) in [6, 6.07) is 5.95. The zero-order valence-electron chi connectivity index (χ0n) is 11.6. The fourth-order valence-corrected chi connectivity index (χ4v) is 2.02. The first kappa shape index (κ1) is 14.6. The third-order valence-corrected chi connectivity index (χ3v) is 2.95. The molecule has 1 unspecified atom stereocenters. The second-order valence-electron chi connectivity index (χ2n) is 4.89. The number of hydrogen-bond acceptors (Lipinski definition) is 2. The maximum Gasteiger partial charge on any atom is 0.303 e. The SMILES string of the molecule is CCC(CC(=O)O)c1ccc(OC(C)C)c(C)c1. The van der Waals surface area contributed by atoms with Gasteiger partial charge in [0.1, 0.15) is 5.75 Å². The van der Waals surface area contributed by atoms with E-state index in [4.69, 9.17) is 9.84 Å². The van der Waals surface area contributed by atoms with E-state index in [1.807, 2.05) is 45.9 Å². The van der Waals surface area contributed by atoms with Crippen LogP contribution in [0, 0.1) is 6.92 Å². The van der Waals surface area contributed by atoms with Crippen molar-refractivity contribution >= 4 is 5.97 Å². The Morgan fingerprint density at radius 3 is 2.50 bits per heavy atom. The van der Waals surface area contributed by atoms with Crippen LogP contribution in [0.25, 0.3) is 0 Å². The van der Waals surface area contributed by atoms with E-state index < -0.39 is 5.97 Å². The molecule has 0 heterocycles. The third kappa shape index (κ3) is 4.06. The summed E-state index contributed by atoms with van der Waals surface area (Å²) in [6.45, 7) is 8.00. The fourth-order valence-electron chi connectivity index (χ4n) is 2.02. The van der Waals surface area contributed by atoms with Crippen LogP contribution in [-0.4, -0.2) is 17.2 Å². The van der Waals surface area contributed by atoms with E-state index in [1.165, 1.54) is 0 Å². The topological polar surface area (TPSA) is 46.5 Å². The minimum Gasteiger partial charge on any atom is -0.491 e. The van der Waals surface area contributed by atoms with Crippen molar-refractivity contribution in [2.45, 2.75) is 52.6 Å². The van der Waals surface area contributed by atoms with Crippen molar-refractivity contribution in [3.05, 3.63) is 29.3 Å². The molecule has 0 radical (unpaired) electrons. The van der Waals surface area contributed by atoms with Gasteiger partial charge >= 0.3 is 5.97 Å². The largest absolute Gasteiger partial charge is 0.491 e. The van der Waals surface area contributed by atoms with Crippen molar-refractivity contribution in [3.63, 3.8) is 0 Å². The summed E-state index contributed by atoms with van der Waals surface area (Å²) < 4.78 is 5.68. The normalized spacial score (nSPS) is 12.5. The van der Waals surface area contributed by atoms with Crippen LogP contribution >= 0.6 is 0 Å². The summed E-state index contributed by atoms with van der Waals surface area (Å²) in [5.41, 5.74) is 2.14. The van der Waals surface area contributed by atoms with Crippen LogP contribution in [0.3, 0.4) is 0 Å². The Kier molecular flexibility index (Phi) is 5.20. The lowest BCUT2D eigenvalue weighted by Gasteiger charge is -2.17. The highest BCUT2D eigenvalue weighted by molar-refractivity contribution is 5.68. The molecule has 0 fully saturated rings. The van der Waals surface area contributed by atoms with Gasteiger partial charge in [-0.3, -0.25) is 4.79 Å². The van der Waals surface area contributed by atoms with E-state index in [0.29, 0.717) is 0 Å². The number of carboxylic acid groups (broad SMARTS) is 1. The van der Waals surface area contributed by atoms with Crippen LogP contribution in [-0.2, 0) is 4.79 Å². The average molecular weight is 250 g/mol. The molecule has 0 aromatic heterocycles. The van der Waals surface area contributed by atoms with Gasteiger partial charge in [-0.1, -0.05) is 19.1 Å². The van der Waals surface area contributed by atoms with Gasteiger partial charge in [0.15, 0.2) is 0 Å². The third-order valence-electron chi connectivity index (χ3n) is 2.95. The van der Waals surface area contributed by atoms with E-state index in [0.717, 1.165) is 23.3 Å². The highest BCUT2D eigenvalue weighted by Crippen LogP contribution is 2.28. The highest BCUT2D eigenvalue weighted by atomic mass is 16.5. The van der Waals surface area contributed by atoms with Gasteiger partial charge in [0, 0.05) is 0 Å². The van der Waals surface area contributed by atoms with Gasteiger partial charge in [0.2, 0.25) is 0 Å². The molecule has 0 aliphatic carbocycles. The molecule has 3 heteroatoms. The lowest BCUT2D eigenvalue weighted by Crippen LogP contribution is -2.08. The summed E-state index contributed by atoms with van der Waals surface area (Å²) >= 11 is 0. The number of carbonyl (C=O) groups is 1. The van der Waals surface area contributed by atoms with Crippen LogP contribution < -0.4 is 4.74 Å². The van der Waals surface area contributed by atoms with Gasteiger partial charge in [-0.05, 0) is 50.3 Å². The maximum atomic E-state index is 10.8. The summed E-state index contributed by atoms with van der Waals surface area (Å²) in [6.07, 6.45) is 1.16. The number of carboxylic acids is 1. The van der Waals surface area contributed by atoms with Gasteiger partial charge in [-0.2, -0.15) is 0 Å². The van der Waals surface area contributed by atoms with E-state index in [1.54, 1.807) is 0 Å². The van der Waals surface area contributed by atoms with E-state index >= 15 is 0 Å². The first-order valence-electron chi connectivity index (χ1n) is 6.43. The van der Waals surface area contributed by atoms with Crippen molar-refractivity contribution in [1.82, 2.24) is 0 Å². The minimum absolute atomic E-state index is 0.0781. The molecule has 0 saturated carbocycles. The van der Waals surface area contributed by atoms with Crippen molar-refractivity contribution in [1.29, 1.82) is 0 Å². The number of benzene rings is 1. The molecule has 0 aliphatic heterocycles. The molecule has 1 N–H and O–H groups in total. The number of rotatable bonds is 6. The smallest absolute Gasteiger partial charge is 0.303 e. The fraction of sp³-hybridized carbons (Fsp3) is 0.533. The first-order valence-corrected chi connectivity index (χ1v) is 6.43. The van der Waals surface area contributed by atoms with Crippen molar-refractivity contribution in [2.75, 3.05) is 0 Å². The molecule has 1 rings (SSSR count). The van der Waals surface area contributed by atoms with Gasteiger partial charge in [0.05, 0.1) is 12.5 Å². The molecule has 100 valence electrons. The Hall–Kier alpha value is -1.51. The Labute approximate surface area is 109 Å². The standard InChI is InChI=1S/C15H22O3/c1-5-12(9-15(16)17)13-6-7-14(11(4)8-13)18-10(2)3/h6-8,10,12H,5,9H2,1-4H3,(H,16,17). The molecule has 0 aliphatic rings. The second-order valence-corrected chi connectivity index (χ2v) is 4.89. The van der Waals surface area contributed by atoms with E-state index in [9.17, 15) is 4.79 Å². The minimum atomic E-state index is -0.748. The second kappa shape index (κ2) is 6.43. The van der Waals surface area contributed by atoms with Crippen LogP contribution in [0.15, 0.2) is 18.2 Å². The van der Waals surface area contributed by atoms with Crippen LogP contribution in [0.5, 0.6) is 5.75 Å². The average Bonchev–Trinajstić information content (AvgIpc) is 2.28. The Morgan fingerprint density at radius 2 is 2.06 bits per heavy atom. The summed E-state index contributed by atoms with van der Waals surface area (Å²) in [4.78, 5) is 10.8. The Morgan fingerprint density at radius 1 is 1.39 bits per heavy atom. The molecular formula is C15H22O3. The molecule has 0 bridgehead atoms. The first-order chi connectivity index (χ1) is 8.43. The van der Waals surface area contributed by atoms with Crippen molar-refractivity contribution < 1.29 is 14.6 Å².